The second-order valence-electron chi connectivity index (χ2n) is 4.68. The average molecular weight is 318 g/mol. The molecule has 0 aliphatic rings. The van der Waals surface area contributed by atoms with Gasteiger partial charge < -0.3 is 5.11 Å². The van der Waals surface area contributed by atoms with E-state index in [9.17, 15) is 18.4 Å². The number of rotatable bonds is 4. The van der Waals surface area contributed by atoms with Crippen LogP contribution in [0, 0.1) is 18.6 Å². The molecule has 2 aromatic carbocycles. The molecule has 7 heteroatoms. The Morgan fingerprint density at radius 3 is 2.61 bits per heavy atom. The molecule has 0 spiro atoms. The summed E-state index contributed by atoms with van der Waals surface area (Å²) in [6.07, 6.45) is 1.01. The minimum absolute atomic E-state index is 0.0139. The maximum atomic E-state index is 13.8. The summed E-state index contributed by atoms with van der Waals surface area (Å²) in [5.74, 6) is -3.48. The van der Waals surface area contributed by atoms with Crippen LogP contribution in [0.4, 0.5) is 8.78 Å². The van der Waals surface area contributed by atoms with Gasteiger partial charge in [0.2, 0.25) is 0 Å². The third-order valence-electron chi connectivity index (χ3n) is 3.05. The predicted octanol–water partition coefficient (Wildman–Crippen LogP) is 2.74. The number of aryl methyl sites for hydroxylation is 1. The number of hydrogen-bond acceptors (Lipinski definition) is 3. The first-order valence-electron chi connectivity index (χ1n) is 6.51. The molecule has 0 radical (unpaired) electrons. The highest BCUT2D eigenvalue weighted by Gasteiger charge is 2.12. The molecule has 0 heterocycles. The number of carbonyl (C=O) groups is 2. The van der Waals surface area contributed by atoms with Crippen LogP contribution in [0.25, 0.3) is 0 Å². The van der Waals surface area contributed by atoms with Crippen molar-refractivity contribution >= 4 is 18.1 Å². The van der Waals surface area contributed by atoms with Crippen LogP contribution in [0.3, 0.4) is 0 Å². The second-order valence-corrected chi connectivity index (χ2v) is 4.68. The average Bonchev–Trinajstić information content (AvgIpc) is 2.51. The van der Waals surface area contributed by atoms with Gasteiger partial charge in [-0.25, -0.2) is 19.0 Å². The first-order chi connectivity index (χ1) is 10.9. The fourth-order valence-corrected chi connectivity index (χ4v) is 1.81. The van der Waals surface area contributed by atoms with Gasteiger partial charge in [-0.05, 0) is 36.8 Å². The van der Waals surface area contributed by atoms with Crippen LogP contribution in [-0.4, -0.2) is 23.2 Å². The Balaban J connectivity index is 2.11. The minimum atomic E-state index is -1.25. The Bertz CT molecular complexity index is 804. The number of carboxylic acid groups (broad SMARTS) is 1. The molecule has 0 saturated heterocycles. The van der Waals surface area contributed by atoms with E-state index in [2.05, 4.69) is 10.5 Å². The Kier molecular flexibility index (Phi) is 4.80. The smallest absolute Gasteiger partial charge is 0.335 e. The van der Waals surface area contributed by atoms with Gasteiger partial charge in [-0.1, -0.05) is 12.1 Å². The molecule has 1 amide bonds. The molecule has 0 fully saturated rings. The standard InChI is InChI=1S/C16H12F2N2O3/c1-9-3-2-4-12(14(9)18)15(21)20-19-8-11-6-5-10(16(22)23)7-13(11)17/h2-8H,1H3,(H,20,21)(H,22,23). The van der Waals surface area contributed by atoms with Crippen LogP contribution >= 0.6 is 0 Å². The highest BCUT2D eigenvalue weighted by Crippen LogP contribution is 2.12. The highest BCUT2D eigenvalue weighted by atomic mass is 19.1. The first kappa shape index (κ1) is 16.3. The SMILES string of the molecule is Cc1cccc(C(=O)NN=Cc2ccc(C(=O)O)cc2F)c1F. The van der Waals surface area contributed by atoms with E-state index in [1.807, 2.05) is 0 Å². The number of aromatic carboxylic acids is 1. The van der Waals surface area contributed by atoms with Crippen LogP contribution < -0.4 is 5.43 Å². The molecule has 2 aromatic rings. The summed E-state index contributed by atoms with van der Waals surface area (Å²) >= 11 is 0. The number of carbonyl (C=O) groups excluding carboxylic acids is 1. The second kappa shape index (κ2) is 6.78. The molecule has 0 aliphatic heterocycles. The van der Waals surface area contributed by atoms with Gasteiger partial charge in [0.05, 0.1) is 17.3 Å². The fourth-order valence-electron chi connectivity index (χ4n) is 1.81. The van der Waals surface area contributed by atoms with Crippen molar-refractivity contribution in [1.29, 1.82) is 0 Å². The molecule has 23 heavy (non-hydrogen) atoms. The summed E-state index contributed by atoms with van der Waals surface area (Å²) in [5.41, 5.74) is 2.01. The molecule has 0 bridgehead atoms. The van der Waals surface area contributed by atoms with E-state index in [0.717, 1.165) is 12.3 Å². The van der Waals surface area contributed by atoms with Crippen molar-refractivity contribution in [3.63, 3.8) is 0 Å². The lowest BCUT2D eigenvalue weighted by Crippen LogP contribution is -2.19. The van der Waals surface area contributed by atoms with Crippen molar-refractivity contribution < 1.29 is 23.5 Å². The lowest BCUT2D eigenvalue weighted by molar-refractivity contribution is 0.0696. The Labute approximate surface area is 130 Å². The van der Waals surface area contributed by atoms with Gasteiger partial charge in [0.1, 0.15) is 11.6 Å². The van der Waals surface area contributed by atoms with Crippen molar-refractivity contribution in [2.24, 2.45) is 5.10 Å². The van der Waals surface area contributed by atoms with Crippen molar-refractivity contribution in [3.05, 3.63) is 70.3 Å². The molecule has 0 aliphatic carbocycles. The third-order valence-corrected chi connectivity index (χ3v) is 3.05. The largest absolute Gasteiger partial charge is 0.478 e. The van der Waals surface area contributed by atoms with Crippen molar-refractivity contribution in [2.75, 3.05) is 0 Å². The maximum Gasteiger partial charge on any atom is 0.335 e. The van der Waals surface area contributed by atoms with Crippen LogP contribution in [-0.2, 0) is 0 Å². The van der Waals surface area contributed by atoms with Gasteiger partial charge in [0.25, 0.3) is 5.91 Å². The number of benzene rings is 2. The molecule has 0 atom stereocenters. The van der Waals surface area contributed by atoms with Crippen LogP contribution in [0.1, 0.15) is 31.8 Å². The summed E-state index contributed by atoms with van der Waals surface area (Å²) in [7, 11) is 0. The molecular formula is C16H12F2N2O3. The van der Waals surface area contributed by atoms with E-state index < -0.39 is 23.5 Å². The van der Waals surface area contributed by atoms with Gasteiger partial charge in [0.15, 0.2) is 0 Å². The number of carboxylic acids is 1. The molecule has 2 rings (SSSR count). The van der Waals surface area contributed by atoms with Gasteiger partial charge in [-0.15, -0.1) is 0 Å². The third kappa shape index (κ3) is 3.76. The molecule has 5 nitrogen and oxygen atoms in total. The number of amides is 1. The van der Waals surface area contributed by atoms with Crippen LogP contribution in [0.15, 0.2) is 41.5 Å². The van der Waals surface area contributed by atoms with Crippen molar-refractivity contribution in [1.82, 2.24) is 5.43 Å². The summed E-state index contributed by atoms with van der Waals surface area (Å²) in [6.45, 7) is 1.52. The van der Waals surface area contributed by atoms with Gasteiger partial charge in [0, 0.05) is 5.56 Å². The van der Waals surface area contributed by atoms with Crippen molar-refractivity contribution in [2.45, 2.75) is 6.92 Å². The van der Waals surface area contributed by atoms with Gasteiger partial charge in [-0.2, -0.15) is 5.10 Å². The number of hydrazone groups is 1. The summed E-state index contributed by atoms with van der Waals surface area (Å²) in [6, 6.07) is 7.60. The summed E-state index contributed by atoms with van der Waals surface area (Å²) < 4.78 is 27.4. The lowest BCUT2D eigenvalue weighted by atomic mass is 10.1. The van der Waals surface area contributed by atoms with Crippen molar-refractivity contribution in [3.8, 4) is 0 Å². The lowest BCUT2D eigenvalue weighted by Gasteiger charge is -2.04. The number of nitrogens with one attached hydrogen (secondary N) is 1. The first-order valence-corrected chi connectivity index (χ1v) is 6.51. The van der Waals surface area contributed by atoms with E-state index in [-0.39, 0.29) is 16.7 Å². The van der Waals surface area contributed by atoms with E-state index in [4.69, 9.17) is 5.11 Å². The molecule has 0 aromatic heterocycles. The topological polar surface area (TPSA) is 78.8 Å². The molecule has 118 valence electrons. The number of halogens is 2. The zero-order valence-electron chi connectivity index (χ0n) is 12.0. The Morgan fingerprint density at radius 1 is 1.22 bits per heavy atom. The summed E-state index contributed by atoms with van der Waals surface area (Å²) in [5, 5.41) is 12.3. The molecule has 0 unspecified atom stereocenters. The normalized spacial score (nSPS) is 10.7. The highest BCUT2D eigenvalue weighted by molar-refractivity contribution is 5.95. The Morgan fingerprint density at radius 2 is 1.96 bits per heavy atom. The van der Waals surface area contributed by atoms with E-state index in [0.29, 0.717) is 5.56 Å². The van der Waals surface area contributed by atoms with Gasteiger partial charge >= 0.3 is 5.97 Å². The summed E-state index contributed by atoms with van der Waals surface area (Å²) in [4.78, 5) is 22.5. The minimum Gasteiger partial charge on any atom is -0.478 e. The zero-order valence-corrected chi connectivity index (χ0v) is 12.0. The molecule has 0 saturated carbocycles. The fraction of sp³-hybridized carbons (Fsp3) is 0.0625. The van der Waals surface area contributed by atoms with Gasteiger partial charge in [-0.3, -0.25) is 4.79 Å². The Hall–Kier alpha value is -3.09. The number of hydrogen-bond donors (Lipinski definition) is 2. The van der Waals surface area contributed by atoms with E-state index in [1.54, 1.807) is 0 Å². The van der Waals surface area contributed by atoms with E-state index >= 15 is 0 Å². The zero-order chi connectivity index (χ0) is 17.0. The van der Waals surface area contributed by atoms with Crippen LogP contribution in [0.5, 0.6) is 0 Å². The molecule has 2 N–H and O–H groups in total. The van der Waals surface area contributed by atoms with E-state index in [1.165, 1.54) is 37.3 Å². The monoisotopic (exact) mass is 318 g/mol. The number of nitrogens with zero attached hydrogens (tertiary/aromatic N) is 1. The maximum absolute atomic E-state index is 13.8. The molecular weight excluding hydrogens is 306 g/mol. The quantitative estimate of drug-likeness (QED) is 0.672. The van der Waals surface area contributed by atoms with Crippen LogP contribution in [0.2, 0.25) is 0 Å². The predicted molar refractivity (Wildman–Crippen MR) is 79.6 cm³/mol.